The number of rotatable bonds is 2. The third-order valence-corrected chi connectivity index (χ3v) is 3.05. The molecule has 0 aliphatic carbocycles. The molecule has 0 bridgehead atoms. The van der Waals surface area contributed by atoms with Crippen LogP contribution in [0.2, 0.25) is 5.15 Å². The van der Waals surface area contributed by atoms with Crippen molar-refractivity contribution in [3.63, 3.8) is 0 Å². The molecule has 0 radical (unpaired) electrons. The molecule has 3 nitrogen and oxygen atoms in total. The average molecular weight is 295 g/mol. The summed E-state index contributed by atoms with van der Waals surface area (Å²) in [5, 5.41) is -0.351. The Morgan fingerprint density at radius 2 is 1.89 bits per heavy atom. The van der Waals surface area contributed by atoms with Gasteiger partial charge in [-0.25, -0.2) is 8.78 Å². The second kappa shape index (κ2) is 4.73. The van der Waals surface area contributed by atoms with Gasteiger partial charge in [-0.2, -0.15) is 13.5 Å². The summed E-state index contributed by atoms with van der Waals surface area (Å²) in [5.74, 6) is -1.89. The van der Waals surface area contributed by atoms with E-state index in [4.69, 9.17) is 11.6 Å². The lowest BCUT2D eigenvalue weighted by molar-refractivity contribution is 0.0417. The van der Waals surface area contributed by atoms with Crippen LogP contribution in [0.1, 0.15) is 6.55 Å². The van der Waals surface area contributed by atoms with Crippen molar-refractivity contribution in [1.29, 1.82) is 0 Å². The average Bonchev–Trinajstić information content (AvgIpc) is 2.52. The molecule has 19 heavy (non-hydrogen) atoms. The van der Waals surface area contributed by atoms with Gasteiger partial charge in [-0.1, -0.05) is 11.6 Å². The van der Waals surface area contributed by atoms with Crippen molar-refractivity contribution >= 4 is 11.6 Å². The van der Waals surface area contributed by atoms with Gasteiger partial charge in [0, 0.05) is 18.7 Å². The molecule has 0 aliphatic heterocycles. The molecule has 0 N–H and O–H groups in total. The highest BCUT2D eigenvalue weighted by Crippen LogP contribution is 2.28. The summed E-state index contributed by atoms with van der Waals surface area (Å²) in [4.78, 5) is 11.8. The van der Waals surface area contributed by atoms with E-state index in [1.54, 1.807) is 0 Å². The van der Waals surface area contributed by atoms with Gasteiger partial charge in [-0.15, -0.1) is 0 Å². The fraction of sp³-hybridized carbons (Fsp3) is 0.182. The summed E-state index contributed by atoms with van der Waals surface area (Å²) in [6, 6.07) is 2.43. The van der Waals surface area contributed by atoms with E-state index in [-0.39, 0.29) is 15.4 Å². The van der Waals surface area contributed by atoms with Crippen molar-refractivity contribution in [2.24, 2.45) is 7.05 Å². The number of hydrogen-bond donors (Lipinski definition) is 0. The number of benzene rings is 1. The van der Waals surface area contributed by atoms with E-state index < -0.39 is 29.3 Å². The minimum Gasteiger partial charge on any atom is -0.269 e. The normalized spacial score (nSPS) is 11.3. The fourth-order valence-corrected chi connectivity index (χ4v) is 2.00. The summed E-state index contributed by atoms with van der Waals surface area (Å²) in [7, 11) is 1.14. The highest BCUT2D eigenvalue weighted by Gasteiger charge is 2.24. The summed E-state index contributed by atoms with van der Waals surface area (Å²) in [6.07, 6.45) is 0. The Kier molecular flexibility index (Phi) is 3.40. The van der Waals surface area contributed by atoms with Crippen molar-refractivity contribution < 1.29 is 17.6 Å². The maximum absolute atomic E-state index is 13.6. The van der Waals surface area contributed by atoms with E-state index in [9.17, 15) is 22.4 Å². The number of aromatic nitrogens is 2. The van der Waals surface area contributed by atoms with Crippen molar-refractivity contribution in [1.82, 2.24) is 9.36 Å². The van der Waals surface area contributed by atoms with E-state index in [0.717, 1.165) is 19.2 Å². The van der Waals surface area contributed by atoms with Crippen LogP contribution in [0.25, 0.3) is 11.1 Å². The molecule has 1 aromatic heterocycles. The van der Waals surface area contributed by atoms with Gasteiger partial charge in [0.1, 0.15) is 16.8 Å². The molecule has 0 saturated heterocycles. The number of nitrogens with zero attached hydrogens (tertiary/aromatic N) is 2. The van der Waals surface area contributed by atoms with Crippen LogP contribution in [0, 0.1) is 11.6 Å². The molecule has 0 spiro atoms. The third kappa shape index (κ3) is 2.14. The minimum atomic E-state index is -3.12. The van der Waals surface area contributed by atoms with Gasteiger partial charge in [0.05, 0.1) is 5.56 Å². The zero-order valence-corrected chi connectivity index (χ0v) is 10.3. The highest BCUT2D eigenvalue weighted by atomic mass is 35.5. The lowest BCUT2D eigenvalue weighted by Crippen LogP contribution is -2.22. The number of alkyl halides is 2. The van der Waals surface area contributed by atoms with Crippen LogP contribution < -0.4 is 5.56 Å². The summed E-state index contributed by atoms with van der Waals surface area (Å²) < 4.78 is 52.6. The second-order valence-corrected chi connectivity index (χ2v) is 4.10. The first-order chi connectivity index (χ1) is 8.84. The van der Waals surface area contributed by atoms with Crippen LogP contribution >= 0.6 is 11.6 Å². The zero-order valence-electron chi connectivity index (χ0n) is 9.50. The van der Waals surface area contributed by atoms with Crippen LogP contribution in [-0.2, 0) is 7.05 Å². The van der Waals surface area contributed by atoms with Gasteiger partial charge in [-0.3, -0.25) is 9.48 Å². The van der Waals surface area contributed by atoms with E-state index in [2.05, 4.69) is 0 Å². The van der Waals surface area contributed by atoms with Crippen LogP contribution in [0.15, 0.2) is 23.0 Å². The Labute approximate surface area is 109 Å². The Bertz CT molecular complexity index is 693. The molecule has 0 aliphatic rings. The predicted molar refractivity (Wildman–Crippen MR) is 61.3 cm³/mol. The topological polar surface area (TPSA) is 26.9 Å². The molecule has 102 valence electrons. The van der Waals surface area contributed by atoms with Crippen molar-refractivity contribution in [3.8, 4) is 11.1 Å². The summed E-state index contributed by atoms with van der Waals surface area (Å²) >= 11 is 5.76. The van der Waals surface area contributed by atoms with E-state index in [1.807, 2.05) is 0 Å². The quantitative estimate of drug-likeness (QED) is 0.782. The Balaban J connectivity index is 2.77. The molecule has 1 heterocycles. The van der Waals surface area contributed by atoms with Gasteiger partial charge in [0.15, 0.2) is 0 Å². The predicted octanol–water partition coefficient (Wildman–Crippen LogP) is 3.18. The maximum Gasteiger partial charge on any atom is 0.334 e. The molecule has 0 saturated carbocycles. The molecule has 0 fully saturated rings. The molecule has 2 rings (SSSR count). The van der Waals surface area contributed by atoms with Gasteiger partial charge >= 0.3 is 6.55 Å². The molecule has 0 atom stereocenters. The van der Waals surface area contributed by atoms with E-state index in [1.165, 1.54) is 0 Å². The number of hydrogen-bond acceptors (Lipinski definition) is 1. The van der Waals surface area contributed by atoms with Crippen molar-refractivity contribution in [3.05, 3.63) is 45.3 Å². The standard InChI is InChI=1S/C11H7ClF4N2O/c1-17-9(12)8(10(19)18(17)11(15)16)6-3-2-5(13)4-7(6)14/h2-4,11H,1H3. The molecule has 0 unspecified atom stereocenters. The van der Waals surface area contributed by atoms with Crippen LogP contribution in [0.4, 0.5) is 17.6 Å². The monoisotopic (exact) mass is 294 g/mol. The number of halogens is 5. The molecule has 8 heteroatoms. The van der Waals surface area contributed by atoms with Gasteiger partial charge in [-0.05, 0) is 12.1 Å². The fourth-order valence-electron chi connectivity index (χ4n) is 1.73. The molecular formula is C11H7ClF4N2O. The van der Waals surface area contributed by atoms with Gasteiger partial charge in [0.2, 0.25) is 0 Å². The molecule has 1 aromatic carbocycles. The maximum atomic E-state index is 13.6. The first-order valence-corrected chi connectivity index (χ1v) is 5.43. The third-order valence-electron chi connectivity index (χ3n) is 2.62. The first-order valence-electron chi connectivity index (χ1n) is 5.05. The summed E-state index contributed by atoms with van der Waals surface area (Å²) in [5.41, 5.74) is -1.90. The van der Waals surface area contributed by atoms with Gasteiger partial charge in [0.25, 0.3) is 5.56 Å². The van der Waals surface area contributed by atoms with Crippen LogP contribution in [-0.4, -0.2) is 9.36 Å². The van der Waals surface area contributed by atoms with Crippen molar-refractivity contribution in [2.75, 3.05) is 0 Å². The van der Waals surface area contributed by atoms with Crippen LogP contribution in [0.3, 0.4) is 0 Å². The SMILES string of the molecule is Cn1c(Cl)c(-c2ccc(F)cc2F)c(=O)n1C(F)F. The van der Waals surface area contributed by atoms with Crippen LogP contribution in [0.5, 0.6) is 0 Å². The van der Waals surface area contributed by atoms with Crippen molar-refractivity contribution in [2.45, 2.75) is 6.55 Å². The minimum absolute atomic E-state index is 0.0838. The molecule has 0 amide bonds. The lowest BCUT2D eigenvalue weighted by atomic mass is 10.1. The molecule has 2 aromatic rings. The lowest BCUT2D eigenvalue weighted by Gasteiger charge is -2.04. The molecular weight excluding hydrogens is 288 g/mol. The highest BCUT2D eigenvalue weighted by molar-refractivity contribution is 6.32. The summed E-state index contributed by atoms with van der Waals surface area (Å²) in [6.45, 7) is -3.12. The van der Waals surface area contributed by atoms with E-state index >= 15 is 0 Å². The first kappa shape index (κ1) is 13.7. The zero-order chi connectivity index (χ0) is 14.3. The Morgan fingerprint density at radius 3 is 2.37 bits per heavy atom. The van der Waals surface area contributed by atoms with Gasteiger partial charge < -0.3 is 0 Å². The largest absolute Gasteiger partial charge is 0.334 e. The van der Waals surface area contributed by atoms with E-state index in [0.29, 0.717) is 10.7 Å². The Morgan fingerprint density at radius 1 is 1.26 bits per heavy atom. The Hall–Kier alpha value is -1.76. The smallest absolute Gasteiger partial charge is 0.269 e. The second-order valence-electron chi connectivity index (χ2n) is 3.74.